The van der Waals surface area contributed by atoms with E-state index in [0.29, 0.717) is 12.1 Å². The number of sulfonamides is 1. The molecule has 1 aliphatic carbocycles. The topological polar surface area (TPSA) is 83.6 Å². The first-order chi connectivity index (χ1) is 13.8. The summed E-state index contributed by atoms with van der Waals surface area (Å²) in [6, 6.07) is 14.0. The van der Waals surface area contributed by atoms with E-state index in [9.17, 15) is 18.0 Å². The van der Waals surface area contributed by atoms with Gasteiger partial charge in [-0.2, -0.15) is 4.31 Å². The average molecular weight is 415 g/mol. The minimum atomic E-state index is -3.81. The van der Waals surface area contributed by atoms with E-state index in [1.165, 1.54) is 49.4 Å². The first-order valence-corrected chi connectivity index (χ1v) is 11.1. The van der Waals surface area contributed by atoms with Crippen LogP contribution in [0.5, 0.6) is 0 Å². The molecule has 29 heavy (non-hydrogen) atoms. The molecular weight excluding hydrogens is 388 g/mol. The number of nitrogens with one attached hydrogen (secondary N) is 1. The molecule has 2 aromatic carbocycles. The van der Waals surface area contributed by atoms with Gasteiger partial charge < -0.3 is 5.32 Å². The van der Waals surface area contributed by atoms with Crippen LogP contribution in [-0.4, -0.2) is 44.6 Å². The third-order valence-corrected chi connectivity index (χ3v) is 7.19. The van der Waals surface area contributed by atoms with E-state index < -0.39 is 10.0 Å². The Morgan fingerprint density at radius 2 is 1.79 bits per heavy atom. The maximum Gasteiger partial charge on any atom is 0.243 e. The number of Topliss-reactive ketones (excluding diaryl/α,β-unsaturated/α-hetero) is 1. The van der Waals surface area contributed by atoms with Crippen LogP contribution in [0.2, 0.25) is 0 Å². The number of hydrogen-bond donors (Lipinski definition) is 1. The van der Waals surface area contributed by atoms with Crippen LogP contribution >= 0.6 is 0 Å². The number of carbonyl (C=O) groups is 2. The predicted molar refractivity (Wildman–Crippen MR) is 111 cm³/mol. The fraction of sp³-hybridized carbons (Fsp3) is 0.364. The summed E-state index contributed by atoms with van der Waals surface area (Å²) in [4.78, 5) is 23.8. The molecule has 154 valence electrons. The smallest absolute Gasteiger partial charge is 0.243 e. The van der Waals surface area contributed by atoms with Gasteiger partial charge in [-0.1, -0.05) is 36.4 Å². The van der Waals surface area contributed by atoms with Crippen molar-refractivity contribution in [2.45, 2.75) is 37.0 Å². The molecule has 0 saturated heterocycles. The normalized spacial score (nSPS) is 16.3. The number of aryl methyl sites for hydroxylation is 1. The zero-order valence-electron chi connectivity index (χ0n) is 16.7. The number of carbonyl (C=O) groups excluding carboxylic acids is 2. The van der Waals surface area contributed by atoms with Crippen LogP contribution in [0.25, 0.3) is 0 Å². The molecule has 3 rings (SSSR count). The minimum absolute atomic E-state index is 0.0546. The Morgan fingerprint density at radius 3 is 2.48 bits per heavy atom. The maximum atomic E-state index is 12.7. The standard InChI is InChI=1S/C22H26N2O4S/c1-16(25)17-10-12-20(13-11-17)29(27,28)24(2)15-22(26)23-14-19-8-5-7-18-6-3-4-9-21(18)19/h3-4,6,9-13,19H,5,7-8,14-15H2,1-2H3,(H,23,26). The highest BCUT2D eigenvalue weighted by molar-refractivity contribution is 7.89. The summed E-state index contributed by atoms with van der Waals surface area (Å²) in [6.45, 7) is 1.66. The number of ketones is 1. The SMILES string of the molecule is CC(=O)c1ccc(S(=O)(=O)N(C)CC(=O)NCC2CCCc3ccccc32)cc1. The molecule has 0 aromatic heterocycles. The number of nitrogens with zero attached hydrogens (tertiary/aromatic N) is 1. The number of amides is 1. The molecule has 0 spiro atoms. The quantitative estimate of drug-likeness (QED) is 0.706. The lowest BCUT2D eigenvalue weighted by Crippen LogP contribution is -2.40. The lowest BCUT2D eigenvalue weighted by Gasteiger charge is -2.26. The van der Waals surface area contributed by atoms with E-state index in [1.54, 1.807) is 0 Å². The van der Waals surface area contributed by atoms with Crippen molar-refractivity contribution in [2.24, 2.45) is 0 Å². The lowest BCUT2D eigenvalue weighted by atomic mass is 9.83. The van der Waals surface area contributed by atoms with Gasteiger partial charge in [0.05, 0.1) is 11.4 Å². The van der Waals surface area contributed by atoms with Crippen molar-refractivity contribution in [3.05, 3.63) is 65.2 Å². The van der Waals surface area contributed by atoms with Gasteiger partial charge in [-0.25, -0.2) is 8.42 Å². The molecule has 2 aromatic rings. The Bertz CT molecular complexity index is 1000. The molecule has 0 aliphatic heterocycles. The van der Waals surface area contributed by atoms with Crippen molar-refractivity contribution in [1.82, 2.24) is 9.62 Å². The van der Waals surface area contributed by atoms with Crippen molar-refractivity contribution in [3.63, 3.8) is 0 Å². The summed E-state index contributed by atoms with van der Waals surface area (Å²) in [5.74, 6) is -0.213. The second kappa shape index (κ2) is 8.88. The molecule has 1 unspecified atom stereocenters. The van der Waals surface area contributed by atoms with Gasteiger partial charge in [0, 0.05) is 25.1 Å². The molecule has 7 heteroatoms. The highest BCUT2D eigenvalue weighted by atomic mass is 32.2. The number of likely N-dealkylation sites (N-methyl/N-ethyl adjacent to an activating group) is 1. The van der Waals surface area contributed by atoms with E-state index in [2.05, 4.69) is 17.4 Å². The van der Waals surface area contributed by atoms with Gasteiger partial charge in [-0.15, -0.1) is 0 Å². The van der Waals surface area contributed by atoms with Gasteiger partial charge in [-0.3, -0.25) is 9.59 Å². The highest BCUT2D eigenvalue weighted by Crippen LogP contribution is 2.30. The molecule has 1 N–H and O–H groups in total. The summed E-state index contributed by atoms with van der Waals surface area (Å²) in [5, 5.41) is 2.88. The Labute approximate surface area is 172 Å². The van der Waals surface area contributed by atoms with E-state index in [0.717, 1.165) is 23.6 Å². The molecule has 1 amide bonds. The average Bonchev–Trinajstić information content (AvgIpc) is 2.72. The van der Waals surface area contributed by atoms with Crippen LogP contribution in [0.3, 0.4) is 0 Å². The van der Waals surface area contributed by atoms with Gasteiger partial charge in [-0.05, 0) is 49.4 Å². The predicted octanol–water partition coefficient (Wildman–Crippen LogP) is 2.75. The molecule has 1 atom stereocenters. The number of benzene rings is 2. The summed E-state index contributed by atoms with van der Waals surface area (Å²) < 4.78 is 26.4. The fourth-order valence-corrected chi connectivity index (χ4v) is 4.82. The van der Waals surface area contributed by atoms with Crippen molar-refractivity contribution in [2.75, 3.05) is 20.1 Å². The third-order valence-electron chi connectivity index (χ3n) is 5.37. The zero-order chi connectivity index (χ0) is 21.0. The molecule has 1 aliphatic rings. The van der Waals surface area contributed by atoms with Gasteiger partial charge in [0.2, 0.25) is 15.9 Å². The second-order valence-electron chi connectivity index (χ2n) is 7.43. The number of fused-ring (bicyclic) bond motifs is 1. The Balaban J connectivity index is 1.59. The van der Waals surface area contributed by atoms with E-state index >= 15 is 0 Å². The molecular formula is C22H26N2O4S. The van der Waals surface area contributed by atoms with Crippen LogP contribution < -0.4 is 5.32 Å². The molecule has 6 nitrogen and oxygen atoms in total. The zero-order valence-corrected chi connectivity index (χ0v) is 17.5. The van der Waals surface area contributed by atoms with Crippen LogP contribution in [-0.2, 0) is 21.2 Å². The van der Waals surface area contributed by atoms with Crippen LogP contribution in [0.4, 0.5) is 0 Å². The molecule has 0 heterocycles. The molecule has 0 fully saturated rings. The largest absolute Gasteiger partial charge is 0.354 e. The van der Waals surface area contributed by atoms with Crippen LogP contribution in [0.15, 0.2) is 53.4 Å². The van der Waals surface area contributed by atoms with Crippen molar-refractivity contribution in [1.29, 1.82) is 0 Å². The van der Waals surface area contributed by atoms with Crippen molar-refractivity contribution in [3.8, 4) is 0 Å². The second-order valence-corrected chi connectivity index (χ2v) is 9.48. The summed E-state index contributed by atoms with van der Waals surface area (Å²) in [6.07, 6.45) is 3.15. The number of rotatable bonds is 7. The molecule has 0 radical (unpaired) electrons. The van der Waals surface area contributed by atoms with Crippen LogP contribution in [0.1, 0.15) is 47.2 Å². The summed E-state index contributed by atoms with van der Waals surface area (Å²) >= 11 is 0. The Kier molecular flexibility index (Phi) is 6.49. The van der Waals surface area contributed by atoms with Crippen LogP contribution in [0, 0.1) is 0 Å². The minimum Gasteiger partial charge on any atom is -0.354 e. The summed E-state index contributed by atoms with van der Waals surface area (Å²) in [5.41, 5.74) is 3.04. The maximum absolute atomic E-state index is 12.7. The van der Waals surface area contributed by atoms with E-state index in [1.807, 2.05) is 12.1 Å². The fourth-order valence-electron chi connectivity index (χ4n) is 3.69. The lowest BCUT2D eigenvalue weighted by molar-refractivity contribution is -0.121. The third kappa shape index (κ3) is 4.92. The monoisotopic (exact) mass is 414 g/mol. The van der Waals surface area contributed by atoms with E-state index in [4.69, 9.17) is 0 Å². The van der Waals surface area contributed by atoms with Gasteiger partial charge in [0.25, 0.3) is 0 Å². The molecule has 0 bridgehead atoms. The van der Waals surface area contributed by atoms with Crippen molar-refractivity contribution < 1.29 is 18.0 Å². The van der Waals surface area contributed by atoms with E-state index in [-0.39, 0.29) is 29.0 Å². The Hall–Kier alpha value is -2.51. The first kappa shape index (κ1) is 21.2. The van der Waals surface area contributed by atoms with Gasteiger partial charge in [0.1, 0.15) is 0 Å². The number of hydrogen-bond acceptors (Lipinski definition) is 4. The highest BCUT2D eigenvalue weighted by Gasteiger charge is 2.24. The summed E-state index contributed by atoms with van der Waals surface area (Å²) in [7, 11) is -2.43. The van der Waals surface area contributed by atoms with Gasteiger partial charge >= 0.3 is 0 Å². The first-order valence-electron chi connectivity index (χ1n) is 9.71. The Morgan fingerprint density at radius 1 is 1.10 bits per heavy atom. The van der Waals surface area contributed by atoms with Gasteiger partial charge in [0.15, 0.2) is 5.78 Å². The van der Waals surface area contributed by atoms with Crippen molar-refractivity contribution >= 4 is 21.7 Å². The molecule has 0 saturated carbocycles.